The summed E-state index contributed by atoms with van der Waals surface area (Å²) >= 11 is 1.13. The molecular weight excluding hydrogens is 472 g/mol. The van der Waals surface area contributed by atoms with Crippen molar-refractivity contribution in [2.45, 2.75) is 25.8 Å². The zero-order valence-electron chi connectivity index (χ0n) is 18.9. The Hall–Kier alpha value is -3.56. The molecule has 4 aromatic rings. The van der Waals surface area contributed by atoms with E-state index in [2.05, 4.69) is 5.32 Å². The number of aliphatic hydroxyl groups is 1. The Balaban J connectivity index is 1.72. The van der Waals surface area contributed by atoms with E-state index in [9.17, 15) is 23.5 Å². The molecule has 1 aliphatic heterocycles. The maximum atomic E-state index is 14.6. The average Bonchev–Trinajstić information content (AvgIpc) is 3.46. The van der Waals surface area contributed by atoms with Crippen molar-refractivity contribution in [1.82, 2.24) is 9.47 Å². The summed E-state index contributed by atoms with van der Waals surface area (Å²) in [5, 5.41) is 13.3. The van der Waals surface area contributed by atoms with Gasteiger partial charge in [0.15, 0.2) is 0 Å². The minimum Gasteiger partial charge on any atom is -0.394 e. The van der Waals surface area contributed by atoms with Crippen molar-refractivity contribution < 1.29 is 18.7 Å². The molecule has 3 heterocycles. The molecule has 0 radical (unpaired) electrons. The number of aliphatic hydroxyl groups excluding tert-OH is 1. The van der Waals surface area contributed by atoms with E-state index in [1.807, 2.05) is 31.2 Å². The van der Waals surface area contributed by atoms with Crippen LogP contribution >= 0.6 is 11.3 Å². The van der Waals surface area contributed by atoms with Crippen molar-refractivity contribution >= 4 is 38.8 Å². The summed E-state index contributed by atoms with van der Waals surface area (Å²) in [6.07, 6.45) is 1.46. The molecule has 1 saturated heterocycles. The normalized spacial score (nSPS) is 15.7. The molecule has 2 N–H and O–H groups in total. The Morgan fingerprint density at radius 2 is 1.91 bits per heavy atom. The van der Waals surface area contributed by atoms with Crippen molar-refractivity contribution in [1.29, 1.82) is 0 Å². The topological polar surface area (TPSA) is 74.6 Å². The predicted octanol–water partition coefficient (Wildman–Crippen LogP) is 4.98. The molecule has 0 spiro atoms. The fourth-order valence-corrected chi connectivity index (χ4v) is 5.67. The number of pyridine rings is 1. The highest BCUT2D eigenvalue weighted by Gasteiger charge is 2.32. The molecule has 2 aromatic carbocycles. The summed E-state index contributed by atoms with van der Waals surface area (Å²) in [5.41, 5.74) is 1.75. The van der Waals surface area contributed by atoms with Crippen LogP contribution in [0.5, 0.6) is 0 Å². The Labute approximate surface area is 204 Å². The van der Waals surface area contributed by atoms with Gasteiger partial charge in [0.1, 0.15) is 21.3 Å². The molecule has 1 fully saturated rings. The van der Waals surface area contributed by atoms with Gasteiger partial charge in [0.2, 0.25) is 0 Å². The predicted molar refractivity (Wildman–Crippen MR) is 133 cm³/mol. The maximum Gasteiger partial charge on any atom is 0.266 e. The minimum absolute atomic E-state index is 0.00775. The number of aryl methyl sites for hydroxylation is 1. The molecule has 1 atom stereocenters. The SMILES string of the molecule is Cc1ccc(-n2c(=O)ccc3c(Nc4ccc(F)cc4F)c(C(=O)N4CCC[C@@H]4CO)sc32)cc1. The summed E-state index contributed by atoms with van der Waals surface area (Å²) in [5.74, 6) is -1.82. The maximum absolute atomic E-state index is 14.6. The lowest BCUT2D eigenvalue weighted by Crippen LogP contribution is -2.37. The van der Waals surface area contributed by atoms with E-state index in [0.717, 1.165) is 35.5 Å². The second-order valence-electron chi connectivity index (χ2n) is 8.59. The standard InChI is InChI=1S/C26H23F2N3O3S/c1-15-4-7-17(8-5-15)31-22(33)11-9-19-23(29-21-10-6-16(27)13-20(21)28)24(35-26(19)31)25(34)30-12-2-3-18(30)14-32/h4-11,13,18,29,32H,2-3,12,14H2,1H3/t18-/m1/s1. The lowest BCUT2D eigenvalue weighted by atomic mass is 10.2. The number of hydrogen-bond acceptors (Lipinski definition) is 5. The number of likely N-dealkylation sites (tertiary alicyclic amines) is 1. The molecule has 180 valence electrons. The molecule has 2 aromatic heterocycles. The largest absolute Gasteiger partial charge is 0.394 e. The van der Waals surface area contributed by atoms with Crippen LogP contribution in [0.25, 0.3) is 15.9 Å². The summed E-state index contributed by atoms with van der Waals surface area (Å²) in [7, 11) is 0. The van der Waals surface area contributed by atoms with Gasteiger partial charge < -0.3 is 15.3 Å². The summed E-state index contributed by atoms with van der Waals surface area (Å²) in [4.78, 5) is 29.0. The van der Waals surface area contributed by atoms with Crippen LogP contribution in [-0.2, 0) is 0 Å². The number of nitrogens with zero attached hydrogens (tertiary/aromatic N) is 2. The van der Waals surface area contributed by atoms with E-state index < -0.39 is 11.6 Å². The number of thiophene rings is 1. The number of hydrogen-bond donors (Lipinski definition) is 2. The monoisotopic (exact) mass is 495 g/mol. The molecule has 9 heteroatoms. The van der Waals surface area contributed by atoms with Gasteiger partial charge in [-0.2, -0.15) is 0 Å². The van der Waals surface area contributed by atoms with Gasteiger partial charge in [0, 0.05) is 24.1 Å². The Morgan fingerprint density at radius 1 is 1.14 bits per heavy atom. The van der Waals surface area contributed by atoms with Gasteiger partial charge in [-0.05, 0) is 50.1 Å². The van der Waals surface area contributed by atoms with Crippen molar-refractivity contribution in [2.75, 3.05) is 18.5 Å². The lowest BCUT2D eigenvalue weighted by molar-refractivity contribution is 0.0683. The highest BCUT2D eigenvalue weighted by atomic mass is 32.1. The number of anilines is 2. The van der Waals surface area contributed by atoms with E-state index in [1.165, 1.54) is 16.7 Å². The van der Waals surface area contributed by atoms with Crippen LogP contribution in [0.3, 0.4) is 0 Å². The molecule has 1 amide bonds. The smallest absolute Gasteiger partial charge is 0.266 e. The van der Waals surface area contributed by atoms with Gasteiger partial charge in [0.25, 0.3) is 11.5 Å². The number of fused-ring (bicyclic) bond motifs is 1. The third-order valence-electron chi connectivity index (χ3n) is 6.27. The molecule has 0 unspecified atom stereocenters. The Bertz CT molecular complexity index is 1480. The van der Waals surface area contributed by atoms with Gasteiger partial charge in [-0.15, -0.1) is 11.3 Å². The van der Waals surface area contributed by atoms with Crippen LogP contribution in [0.1, 0.15) is 28.1 Å². The average molecular weight is 496 g/mol. The third-order valence-corrected chi connectivity index (χ3v) is 7.45. The van der Waals surface area contributed by atoms with Gasteiger partial charge in [-0.3, -0.25) is 14.2 Å². The summed E-state index contributed by atoms with van der Waals surface area (Å²) < 4.78 is 29.6. The molecule has 0 saturated carbocycles. The number of rotatable bonds is 5. The van der Waals surface area contributed by atoms with Crippen LogP contribution in [0.15, 0.2) is 59.4 Å². The van der Waals surface area contributed by atoms with E-state index in [0.29, 0.717) is 34.6 Å². The number of halogens is 2. The fraction of sp³-hybridized carbons (Fsp3) is 0.231. The molecule has 0 bridgehead atoms. The Kier molecular flexibility index (Phi) is 6.12. The van der Waals surface area contributed by atoms with Crippen molar-refractivity contribution in [3.8, 4) is 5.69 Å². The van der Waals surface area contributed by atoms with Crippen molar-refractivity contribution in [3.05, 3.63) is 87.0 Å². The van der Waals surface area contributed by atoms with E-state index in [-0.39, 0.29) is 34.7 Å². The molecule has 0 aliphatic carbocycles. The number of carbonyl (C=O) groups excluding carboxylic acids is 1. The zero-order valence-corrected chi connectivity index (χ0v) is 19.7. The van der Waals surface area contributed by atoms with Crippen LogP contribution < -0.4 is 10.9 Å². The molecule has 6 nitrogen and oxygen atoms in total. The second kappa shape index (κ2) is 9.24. The minimum atomic E-state index is -0.802. The van der Waals surface area contributed by atoms with Gasteiger partial charge in [-0.25, -0.2) is 8.78 Å². The summed E-state index contributed by atoms with van der Waals surface area (Å²) in [6.45, 7) is 2.29. The van der Waals surface area contributed by atoms with Crippen LogP contribution in [-0.4, -0.2) is 39.7 Å². The molecular formula is C26H23F2N3O3S. The number of nitrogens with one attached hydrogen (secondary N) is 1. The van der Waals surface area contributed by atoms with Crippen molar-refractivity contribution in [2.24, 2.45) is 0 Å². The van der Waals surface area contributed by atoms with Gasteiger partial charge in [0.05, 0.1) is 29.7 Å². The van der Waals surface area contributed by atoms with E-state index in [4.69, 9.17) is 0 Å². The van der Waals surface area contributed by atoms with Gasteiger partial charge >= 0.3 is 0 Å². The molecule has 1 aliphatic rings. The first-order valence-corrected chi connectivity index (χ1v) is 12.1. The van der Waals surface area contributed by atoms with E-state index in [1.54, 1.807) is 11.0 Å². The zero-order chi connectivity index (χ0) is 24.7. The lowest BCUT2D eigenvalue weighted by Gasteiger charge is -2.23. The van der Waals surface area contributed by atoms with Crippen LogP contribution in [0.2, 0.25) is 0 Å². The van der Waals surface area contributed by atoms with Crippen LogP contribution in [0, 0.1) is 18.6 Å². The summed E-state index contributed by atoms with van der Waals surface area (Å²) in [6, 6.07) is 13.3. The van der Waals surface area contributed by atoms with Gasteiger partial charge in [-0.1, -0.05) is 17.7 Å². The third kappa shape index (κ3) is 4.21. The van der Waals surface area contributed by atoms with Crippen LogP contribution in [0.4, 0.5) is 20.2 Å². The molecule has 5 rings (SSSR count). The first-order chi connectivity index (χ1) is 16.9. The quantitative estimate of drug-likeness (QED) is 0.410. The fourth-order valence-electron chi connectivity index (χ4n) is 4.44. The first-order valence-electron chi connectivity index (χ1n) is 11.3. The van der Waals surface area contributed by atoms with Crippen molar-refractivity contribution in [3.63, 3.8) is 0 Å². The number of benzene rings is 2. The highest BCUT2D eigenvalue weighted by Crippen LogP contribution is 2.40. The second-order valence-corrected chi connectivity index (χ2v) is 9.59. The molecule has 35 heavy (non-hydrogen) atoms. The highest BCUT2D eigenvalue weighted by molar-refractivity contribution is 7.21. The number of carbonyl (C=O) groups is 1. The van der Waals surface area contributed by atoms with E-state index >= 15 is 0 Å². The number of amides is 1. The number of aromatic nitrogens is 1. The Morgan fingerprint density at radius 3 is 2.63 bits per heavy atom. The first kappa shape index (κ1) is 23.2.